The van der Waals surface area contributed by atoms with Gasteiger partial charge in [-0.3, -0.25) is 4.79 Å². The monoisotopic (exact) mass is 247 g/mol. The first-order valence-corrected chi connectivity index (χ1v) is 6.78. The van der Waals surface area contributed by atoms with E-state index in [2.05, 4.69) is 5.32 Å². The maximum atomic E-state index is 11.5. The number of carbonyl (C=O) groups is 1. The highest BCUT2D eigenvalue weighted by atomic mass is 16.5. The van der Waals surface area contributed by atoms with Crippen molar-refractivity contribution in [2.45, 2.75) is 38.7 Å². The fourth-order valence-electron chi connectivity index (χ4n) is 2.23. The molecule has 1 unspecified atom stereocenters. The molecule has 1 aromatic carbocycles. The number of rotatable bonds is 6. The van der Waals surface area contributed by atoms with E-state index in [9.17, 15) is 4.79 Å². The first-order chi connectivity index (χ1) is 8.79. The fraction of sp³-hybridized carbons (Fsp3) is 0.533. The Bertz CT molecular complexity index is 380. The van der Waals surface area contributed by atoms with Crippen LogP contribution in [0.3, 0.4) is 0 Å². The number of hydrogen-bond donors (Lipinski definition) is 1. The lowest BCUT2D eigenvalue weighted by Gasteiger charge is -2.11. The molecule has 98 valence electrons. The summed E-state index contributed by atoms with van der Waals surface area (Å²) in [6, 6.07) is 7.72. The van der Waals surface area contributed by atoms with Gasteiger partial charge in [-0.2, -0.15) is 0 Å². The van der Waals surface area contributed by atoms with E-state index < -0.39 is 0 Å². The van der Waals surface area contributed by atoms with Crippen LogP contribution in [0.1, 0.15) is 43.0 Å². The summed E-state index contributed by atoms with van der Waals surface area (Å²) in [7, 11) is 0. The topological polar surface area (TPSA) is 38.3 Å². The summed E-state index contributed by atoms with van der Waals surface area (Å²) in [6.07, 6.45) is 4.42. The summed E-state index contributed by atoms with van der Waals surface area (Å²) < 4.78 is 5.57. The number of benzene rings is 1. The fourth-order valence-corrected chi connectivity index (χ4v) is 2.23. The Morgan fingerprint density at radius 2 is 2.17 bits per heavy atom. The molecule has 2 rings (SSSR count). The van der Waals surface area contributed by atoms with Gasteiger partial charge in [-0.15, -0.1) is 0 Å². The molecule has 0 saturated carbocycles. The quantitative estimate of drug-likeness (QED) is 0.784. The predicted octanol–water partition coefficient (Wildman–Crippen LogP) is 3.26. The van der Waals surface area contributed by atoms with Crippen LogP contribution < -0.4 is 5.32 Å². The largest absolute Gasteiger partial charge is 0.385 e. The molecule has 1 N–H and O–H groups in total. The molecule has 1 fully saturated rings. The summed E-state index contributed by atoms with van der Waals surface area (Å²) in [4.78, 5) is 11.5. The van der Waals surface area contributed by atoms with Gasteiger partial charge in [0.2, 0.25) is 0 Å². The molecule has 1 aliphatic rings. The summed E-state index contributed by atoms with van der Waals surface area (Å²) in [5, 5.41) is 3.36. The maximum absolute atomic E-state index is 11.5. The van der Waals surface area contributed by atoms with E-state index in [1.165, 1.54) is 12.8 Å². The van der Waals surface area contributed by atoms with Crippen molar-refractivity contribution in [1.82, 2.24) is 0 Å². The molecular formula is C15H21NO2. The molecule has 1 atom stereocenters. The molecule has 1 saturated heterocycles. The number of carbonyl (C=O) groups excluding carboxylic acids is 1. The van der Waals surface area contributed by atoms with Gasteiger partial charge in [0.1, 0.15) is 0 Å². The van der Waals surface area contributed by atoms with Crippen LogP contribution in [0, 0.1) is 0 Å². The number of nitrogens with one attached hydrogen (secondary N) is 1. The van der Waals surface area contributed by atoms with Crippen molar-refractivity contribution < 1.29 is 9.53 Å². The molecule has 0 spiro atoms. The molecule has 0 aromatic heterocycles. The van der Waals surface area contributed by atoms with Crippen LogP contribution in [0.15, 0.2) is 24.3 Å². The third-order valence-electron chi connectivity index (χ3n) is 3.35. The second-order valence-electron chi connectivity index (χ2n) is 4.70. The lowest BCUT2D eigenvalue weighted by Crippen LogP contribution is -2.12. The van der Waals surface area contributed by atoms with E-state index in [4.69, 9.17) is 4.74 Å². The van der Waals surface area contributed by atoms with Gasteiger partial charge in [-0.05, 0) is 43.5 Å². The average Bonchev–Trinajstić information content (AvgIpc) is 2.92. The minimum absolute atomic E-state index is 0.195. The Morgan fingerprint density at radius 1 is 1.39 bits per heavy atom. The molecule has 1 heterocycles. The summed E-state index contributed by atoms with van der Waals surface area (Å²) in [6.45, 7) is 3.72. The molecule has 1 aromatic rings. The normalized spacial score (nSPS) is 18.8. The van der Waals surface area contributed by atoms with Gasteiger partial charge in [-0.1, -0.05) is 6.92 Å². The standard InChI is InChI=1S/C15H21NO2/c1-2-15(17)12-5-7-13(8-6-12)16-10-9-14-4-3-11-18-14/h5-8,14,16H,2-4,9-11H2,1H3. The Morgan fingerprint density at radius 3 is 2.78 bits per heavy atom. The Kier molecular flexibility index (Phi) is 4.76. The molecule has 18 heavy (non-hydrogen) atoms. The van der Waals surface area contributed by atoms with Gasteiger partial charge >= 0.3 is 0 Å². The van der Waals surface area contributed by atoms with Gasteiger partial charge in [0.05, 0.1) is 6.10 Å². The second-order valence-corrected chi connectivity index (χ2v) is 4.70. The van der Waals surface area contributed by atoms with Crippen LogP contribution in [0.25, 0.3) is 0 Å². The van der Waals surface area contributed by atoms with Gasteiger partial charge in [0, 0.05) is 30.8 Å². The zero-order valence-electron chi connectivity index (χ0n) is 10.9. The van der Waals surface area contributed by atoms with Crippen molar-refractivity contribution in [3.8, 4) is 0 Å². The first-order valence-electron chi connectivity index (χ1n) is 6.78. The van der Waals surface area contributed by atoms with Crippen molar-refractivity contribution in [2.24, 2.45) is 0 Å². The Hall–Kier alpha value is -1.35. The zero-order chi connectivity index (χ0) is 12.8. The summed E-state index contributed by atoms with van der Waals surface area (Å²) >= 11 is 0. The maximum Gasteiger partial charge on any atom is 0.162 e. The zero-order valence-corrected chi connectivity index (χ0v) is 10.9. The van der Waals surface area contributed by atoms with Crippen molar-refractivity contribution in [1.29, 1.82) is 0 Å². The highest BCUT2D eigenvalue weighted by Gasteiger charge is 2.14. The Balaban J connectivity index is 1.77. The van der Waals surface area contributed by atoms with Crippen molar-refractivity contribution in [3.05, 3.63) is 29.8 Å². The summed E-state index contributed by atoms with van der Waals surface area (Å²) in [5.74, 6) is 0.195. The van der Waals surface area contributed by atoms with E-state index in [0.717, 1.165) is 30.8 Å². The van der Waals surface area contributed by atoms with Gasteiger partial charge < -0.3 is 10.1 Å². The molecule has 1 aliphatic heterocycles. The van der Waals surface area contributed by atoms with E-state index in [1.807, 2.05) is 31.2 Å². The number of Topliss-reactive ketones (excluding diaryl/α,β-unsaturated/α-hetero) is 1. The highest BCUT2D eigenvalue weighted by molar-refractivity contribution is 5.96. The highest BCUT2D eigenvalue weighted by Crippen LogP contribution is 2.16. The van der Waals surface area contributed by atoms with Crippen molar-refractivity contribution >= 4 is 11.5 Å². The van der Waals surface area contributed by atoms with Crippen molar-refractivity contribution in [2.75, 3.05) is 18.5 Å². The number of anilines is 1. The molecule has 0 amide bonds. The van der Waals surface area contributed by atoms with E-state index in [-0.39, 0.29) is 5.78 Å². The summed E-state index contributed by atoms with van der Waals surface area (Å²) in [5.41, 5.74) is 1.86. The molecule has 0 radical (unpaired) electrons. The van der Waals surface area contributed by atoms with Crippen LogP contribution in [0.5, 0.6) is 0 Å². The van der Waals surface area contributed by atoms with Crippen LogP contribution in [0.2, 0.25) is 0 Å². The number of hydrogen-bond acceptors (Lipinski definition) is 3. The molecular weight excluding hydrogens is 226 g/mol. The van der Waals surface area contributed by atoms with Crippen LogP contribution in [-0.2, 0) is 4.74 Å². The first kappa shape index (κ1) is 13.1. The van der Waals surface area contributed by atoms with Gasteiger partial charge in [0.15, 0.2) is 5.78 Å². The van der Waals surface area contributed by atoms with Crippen molar-refractivity contribution in [3.63, 3.8) is 0 Å². The van der Waals surface area contributed by atoms with Gasteiger partial charge in [0.25, 0.3) is 0 Å². The second kappa shape index (κ2) is 6.55. The lowest BCUT2D eigenvalue weighted by atomic mass is 10.1. The van der Waals surface area contributed by atoms with E-state index in [0.29, 0.717) is 12.5 Å². The van der Waals surface area contributed by atoms with Crippen LogP contribution in [-0.4, -0.2) is 25.0 Å². The molecule has 0 bridgehead atoms. The Labute approximate surface area is 109 Å². The molecule has 3 heteroatoms. The third-order valence-corrected chi connectivity index (χ3v) is 3.35. The molecule has 3 nitrogen and oxygen atoms in total. The van der Waals surface area contributed by atoms with E-state index in [1.54, 1.807) is 0 Å². The van der Waals surface area contributed by atoms with Crippen LogP contribution >= 0.6 is 0 Å². The number of ketones is 1. The predicted molar refractivity (Wildman–Crippen MR) is 73.1 cm³/mol. The average molecular weight is 247 g/mol. The minimum atomic E-state index is 0.195. The SMILES string of the molecule is CCC(=O)c1ccc(NCCC2CCCO2)cc1. The minimum Gasteiger partial charge on any atom is -0.385 e. The lowest BCUT2D eigenvalue weighted by molar-refractivity contribution is 0.0988. The van der Waals surface area contributed by atoms with Gasteiger partial charge in [-0.25, -0.2) is 0 Å². The third kappa shape index (κ3) is 3.57. The number of ether oxygens (including phenoxy) is 1. The van der Waals surface area contributed by atoms with E-state index >= 15 is 0 Å². The van der Waals surface area contributed by atoms with Crippen LogP contribution in [0.4, 0.5) is 5.69 Å². The molecule has 0 aliphatic carbocycles. The smallest absolute Gasteiger partial charge is 0.162 e.